The maximum Gasteiger partial charge on any atom is 0.00844 e. The largest absolute Gasteiger partial charge is 0.0857 e. The van der Waals surface area contributed by atoms with Gasteiger partial charge in [-0.25, -0.2) is 0 Å². The molecule has 0 saturated heterocycles. The van der Waals surface area contributed by atoms with Crippen molar-refractivity contribution in [1.29, 1.82) is 0 Å². The summed E-state index contributed by atoms with van der Waals surface area (Å²) in [4.78, 5) is 0. The molecular formula is C13H18I2. The van der Waals surface area contributed by atoms with Gasteiger partial charge in [-0.15, -0.1) is 0 Å². The van der Waals surface area contributed by atoms with Gasteiger partial charge in [0.1, 0.15) is 0 Å². The van der Waals surface area contributed by atoms with Gasteiger partial charge < -0.3 is 0 Å². The van der Waals surface area contributed by atoms with Crippen molar-refractivity contribution in [2.24, 2.45) is 0 Å². The Labute approximate surface area is 121 Å². The number of benzene rings is 1. The minimum Gasteiger partial charge on any atom is -0.0857 e. The normalized spacial score (nSPS) is 14.9. The van der Waals surface area contributed by atoms with Crippen LogP contribution in [0.4, 0.5) is 0 Å². The van der Waals surface area contributed by atoms with E-state index in [1.54, 1.807) is 0 Å². The van der Waals surface area contributed by atoms with Gasteiger partial charge in [-0.2, -0.15) is 0 Å². The van der Waals surface area contributed by atoms with Gasteiger partial charge in [-0.1, -0.05) is 83.3 Å². The average molecular weight is 428 g/mol. The van der Waals surface area contributed by atoms with Gasteiger partial charge in [-0.05, 0) is 29.9 Å². The Kier molecular flexibility index (Phi) is 6.50. The monoisotopic (exact) mass is 428 g/mol. The lowest BCUT2D eigenvalue weighted by Gasteiger charge is -2.10. The lowest BCUT2D eigenvalue weighted by Crippen LogP contribution is -1.98. The molecule has 2 unspecified atom stereocenters. The Bertz CT molecular complexity index is 294. The molecule has 1 aromatic carbocycles. The van der Waals surface area contributed by atoms with Crippen LogP contribution < -0.4 is 0 Å². The second-order valence-corrected chi connectivity index (χ2v) is 7.13. The number of halogens is 2. The third kappa shape index (κ3) is 5.02. The molecule has 1 rings (SSSR count). The van der Waals surface area contributed by atoms with Crippen molar-refractivity contribution in [2.45, 2.75) is 36.5 Å². The molecule has 0 aliphatic heterocycles. The summed E-state index contributed by atoms with van der Waals surface area (Å²) in [5.74, 6) is 0.683. The molecule has 0 amide bonds. The lowest BCUT2D eigenvalue weighted by atomic mass is 9.99. The Balaban J connectivity index is 2.65. The van der Waals surface area contributed by atoms with Crippen LogP contribution in [0.25, 0.3) is 0 Å². The minimum absolute atomic E-state index is 0.683. The number of hydrogen-bond acceptors (Lipinski definition) is 0. The molecular weight excluding hydrogens is 410 g/mol. The maximum atomic E-state index is 2.50. The Morgan fingerprint density at radius 1 is 1.27 bits per heavy atom. The Morgan fingerprint density at radius 3 is 2.60 bits per heavy atom. The lowest BCUT2D eigenvalue weighted by molar-refractivity contribution is 0.825. The number of rotatable bonds is 5. The smallest absolute Gasteiger partial charge is 0.00844 e. The fourth-order valence-corrected chi connectivity index (χ4v) is 2.33. The van der Waals surface area contributed by atoms with Crippen LogP contribution in [0.15, 0.2) is 24.3 Å². The molecule has 1 aromatic rings. The summed E-state index contributed by atoms with van der Waals surface area (Å²) in [6.45, 7) is 4.57. The summed E-state index contributed by atoms with van der Waals surface area (Å²) in [6, 6.07) is 9.08. The van der Waals surface area contributed by atoms with E-state index in [1.807, 2.05) is 0 Å². The maximum absolute atomic E-state index is 2.50. The minimum atomic E-state index is 0.683. The van der Waals surface area contributed by atoms with E-state index in [4.69, 9.17) is 0 Å². The van der Waals surface area contributed by atoms with Crippen LogP contribution in [0.2, 0.25) is 0 Å². The summed E-state index contributed by atoms with van der Waals surface area (Å²) in [7, 11) is 0. The Morgan fingerprint density at radius 2 is 2.00 bits per heavy atom. The van der Waals surface area contributed by atoms with Crippen LogP contribution in [-0.4, -0.2) is 8.35 Å². The van der Waals surface area contributed by atoms with E-state index in [-0.39, 0.29) is 0 Å². The Hall–Kier alpha value is 0.680. The number of alkyl halides is 2. The zero-order valence-corrected chi connectivity index (χ0v) is 13.7. The quantitative estimate of drug-likeness (QED) is 0.459. The molecule has 0 radical (unpaired) electrons. The van der Waals surface area contributed by atoms with E-state index in [1.165, 1.54) is 28.4 Å². The zero-order chi connectivity index (χ0) is 11.3. The molecule has 0 aliphatic rings. The van der Waals surface area contributed by atoms with Crippen molar-refractivity contribution in [2.75, 3.05) is 4.43 Å². The molecule has 0 fully saturated rings. The first-order valence-corrected chi connectivity index (χ1v) is 8.19. The summed E-state index contributed by atoms with van der Waals surface area (Å²) < 4.78 is 1.97. The highest BCUT2D eigenvalue weighted by molar-refractivity contribution is 14.1. The first-order valence-electron chi connectivity index (χ1n) is 5.42. The summed E-state index contributed by atoms with van der Waals surface area (Å²) in [5.41, 5.74) is 2.98. The van der Waals surface area contributed by atoms with Gasteiger partial charge in [0.15, 0.2) is 0 Å². The molecule has 0 aromatic heterocycles. The molecule has 15 heavy (non-hydrogen) atoms. The van der Waals surface area contributed by atoms with Crippen LogP contribution >= 0.6 is 45.2 Å². The van der Waals surface area contributed by atoms with Gasteiger partial charge in [0, 0.05) is 8.35 Å². The topological polar surface area (TPSA) is 0 Å². The van der Waals surface area contributed by atoms with E-state index < -0.39 is 0 Å². The van der Waals surface area contributed by atoms with Crippen molar-refractivity contribution in [3.8, 4) is 0 Å². The predicted molar refractivity (Wildman–Crippen MR) is 85.5 cm³/mol. The summed E-state index contributed by atoms with van der Waals surface area (Å²) in [5, 5.41) is 0. The van der Waals surface area contributed by atoms with Crippen LogP contribution in [0.5, 0.6) is 0 Å². The second-order valence-electron chi connectivity index (χ2n) is 4.12. The molecule has 2 heteroatoms. The van der Waals surface area contributed by atoms with E-state index in [0.29, 0.717) is 5.92 Å². The van der Waals surface area contributed by atoms with Crippen molar-refractivity contribution in [3.05, 3.63) is 35.4 Å². The SMILES string of the molecule is CC(I)CCc1cccc(C(C)CI)c1. The molecule has 0 N–H and O–H groups in total. The van der Waals surface area contributed by atoms with Gasteiger partial charge in [0.25, 0.3) is 0 Å². The van der Waals surface area contributed by atoms with Gasteiger partial charge in [0.05, 0.1) is 0 Å². The summed E-state index contributed by atoms with van der Waals surface area (Å²) >= 11 is 4.96. The van der Waals surface area contributed by atoms with Gasteiger partial charge in [0.2, 0.25) is 0 Å². The third-order valence-electron chi connectivity index (χ3n) is 2.58. The highest BCUT2D eigenvalue weighted by Crippen LogP contribution is 2.20. The molecule has 2 atom stereocenters. The second kappa shape index (κ2) is 7.09. The first kappa shape index (κ1) is 13.7. The fourth-order valence-electron chi connectivity index (χ4n) is 1.51. The molecule has 84 valence electrons. The van der Waals surface area contributed by atoms with Crippen molar-refractivity contribution >= 4 is 45.2 Å². The molecule has 0 bridgehead atoms. The highest BCUT2D eigenvalue weighted by Gasteiger charge is 2.04. The van der Waals surface area contributed by atoms with Crippen molar-refractivity contribution in [1.82, 2.24) is 0 Å². The zero-order valence-electron chi connectivity index (χ0n) is 9.34. The average Bonchev–Trinajstić information content (AvgIpc) is 2.25. The first-order chi connectivity index (χ1) is 7.13. The van der Waals surface area contributed by atoms with Gasteiger partial charge in [-0.3, -0.25) is 0 Å². The van der Waals surface area contributed by atoms with Crippen LogP contribution in [0.1, 0.15) is 37.3 Å². The standard InChI is InChI=1S/C13H18I2/c1-10(9-14)13-5-3-4-12(8-13)7-6-11(2)15/h3-5,8,10-11H,6-7,9H2,1-2H3. The van der Waals surface area contributed by atoms with Crippen LogP contribution in [-0.2, 0) is 6.42 Å². The van der Waals surface area contributed by atoms with E-state index in [9.17, 15) is 0 Å². The number of hydrogen-bond donors (Lipinski definition) is 0. The van der Waals surface area contributed by atoms with E-state index in [2.05, 4.69) is 83.3 Å². The fraction of sp³-hybridized carbons (Fsp3) is 0.538. The van der Waals surface area contributed by atoms with E-state index >= 15 is 0 Å². The van der Waals surface area contributed by atoms with Crippen LogP contribution in [0, 0.1) is 0 Å². The molecule has 0 nitrogen and oxygen atoms in total. The molecule has 0 aliphatic carbocycles. The predicted octanol–water partition coefficient (Wildman–Crippen LogP) is 4.98. The molecule has 0 spiro atoms. The summed E-state index contributed by atoms with van der Waals surface area (Å²) in [6.07, 6.45) is 2.49. The number of aryl methyl sites for hydroxylation is 1. The third-order valence-corrected chi connectivity index (χ3v) is 4.53. The molecule has 0 saturated carbocycles. The van der Waals surface area contributed by atoms with E-state index in [0.717, 1.165) is 3.92 Å². The highest BCUT2D eigenvalue weighted by atomic mass is 127. The van der Waals surface area contributed by atoms with Gasteiger partial charge >= 0.3 is 0 Å². The van der Waals surface area contributed by atoms with Crippen LogP contribution in [0.3, 0.4) is 0 Å². The molecule has 0 heterocycles. The van der Waals surface area contributed by atoms with Crippen molar-refractivity contribution < 1.29 is 0 Å². The van der Waals surface area contributed by atoms with Crippen molar-refractivity contribution in [3.63, 3.8) is 0 Å².